The molecule has 0 spiro atoms. The predicted molar refractivity (Wildman–Crippen MR) is 101 cm³/mol. The number of unbranched alkanes of at least 4 members (excludes halogenated alkanes) is 7. The largest absolute Gasteiger partial charge is 0.0654 e. The second kappa shape index (κ2) is 12.4. The van der Waals surface area contributed by atoms with Crippen LogP contribution in [0, 0.1) is 11.3 Å². The van der Waals surface area contributed by atoms with Crippen molar-refractivity contribution in [2.24, 2.45) is 11.3 Å². The molecule has 1 aliphatic carbocycles. The van der Waals surface area contributed by atoms with E-state index in [9.17, 15) is 0 Å². The summed E-state index contributed by atoms with van der Waals surface area (Å²) < 4.78 is 0. The van der Waals surface area contributed by atoms with Crippen LogP contribution in [-0.4, -0.2) is 0 Å². The van der Waals surface area contributed by atoms with Gasteiger partial charge < -0.3 is 0 Å². The Morgan fingerprint density at radius 3 is 1.82 bits per heavy atom. The fourth-order valence-electron chi connectivity index (χ4n) is 4.42. The third-order valence-electron chi connectivity index (χ3n) is 5.96. The Kier molecular flexibility index (Phi) is 11.3. The second-order valence-corrected chi connectivity index (χ2v) is 8.57. The van der Waals surface area contributed by atoms with Gasteiger partial charge in [0.15, 0.2) is 0 Å². The summed E-state index contributed by atoms with van der Waals surface area (Å²) in [5, 5.41) is 0. The van der Waals surface area contributed by atoms with Gasteiger partial charge in [-0.3, -0.25) is 0 Å². The molecule has 0 saturated heterocycles. The lowest BCUT2D eigenvalue weighted by Gasteiger charge is -2.38. The highest BCUT2D eigenvalue weighted by atomic mass is 14.4. The van der Waals surface area contributed by atoms with Gasteiger partial charge in [0.1, 0.15) is 0 Å². The summed E-state index contributed by atoms with van der Waals surface area (Å²) in [6, 6.07) is 0. The van der Waals surface area contributed by atoms with Crippen molar-refractivity contribution in [1.29, 1.82) is 0 Å². The molecule has 1 saturated carbocycles. The maximum absolute atomic E-state index is 2.36. The topological polar surface area (TPSA) is 0 Å². The molecule has 1 rings (SSSR count). The van der Waals surface area contributed by atoms with Gasteiger partial charge in [-0.2, -0.15) is 0 Å². The van der Waals surface area contributed by atoms with Crippen molar-refractivity contribution in [3.63, 3.8) is 0 Å². The highest BCUT2D eigenvalue weighted by Gasteiger charge is 2.30. The van der Waals surface area contributed by atoms with Crippen LogP contribution in [0.15, 0.2) is 0 Å². The molecule has 0 radical (unpaired) electrons. The summed E-state index contributed by atoms with van der Waals surface area (Å²) in [5.41, 5.74) is 0.769. The molecule has 0 aromatic rings. The van der Waals surface area contributed by atoms with Crippen LogP contribution in [0.5, 0.6) is 0 Å². The molecule has 0 bridgehead atoms. The first kappa shape index (κ1) is 20.0. The molecular weight excluding hydrogens is 264 g/mol. The lowest BCUT2D eigenvalue weighted by molar-refractivity contribution is 0.147. The molecule has 132 valence electrons. The van der Waals surface area contributed by atoms with Gasteiger partial charge in [-0.05, 0) is 37.0 Å². The lowest BCUT2D eigenvalue weighted by Crippen LogP contribution is -2.24. The zero-order chi connectivity index (χ0) is 16.1. The predicted octanol–water partition coefficient (Wildman–Crippen LogP) is 8.29. The van der Waals surface area contributed by atoms with Gasteiger partial charge in [-0.15, -0.1) is 0 Å². The average molecular weight is 309 g/mol. The number of hydrogen-bond acceptors (Lipinski definition) is 0. The SMILES string of the molecule is CCCCC1(CCCCCCCCCC(C)C)CCCCC1. The number of hydrogen-bond donors (Lipinski definition) is 0. The van der Waals surface area contributed by atoms with E-state index in [-0.39, 0.29) is 0 Å². The Morgan fingerprint density at radius 1 is 0.682 bits per heavy atom. The Balaban J connectivity index is 2.03. The molecule has 22 heavy (non-hydrogen) atoms. The van der Waals surface area contributed by atoms with Crippen molar-refractivity contribution in [3.05, 3.63) is 0 Å². The normalized spacial score (nSPS) is 18.0. The van der Waals surface area contributed by atoms with Crippen molar-refractivity contribution in [3.8, 4) is 0 Å². The van der Waals surface area contributed by atoms with Crippen LogP contribution >= 0.6 is 0 Å². The quantitative estimate of drug-likeness (QED) is 0.300. The van der Waals surface area contributed by atoms with Gasteiger partial charge in [0.25, 0.3) is 0 Å². The molecular formula is C22H44. The molecule has 0 heteroatoms. The molecule has 0 amide bonds. The van der Waals surface area contributed by atoms with E-state index < -0.39 is 0 Å². The zero-order valence-corrected chi connectivity index (χ0v) is 16.1. The average Bonchev–Trinajstić information content (AvgIpc) is 2.52. The van der Waals surface area contributed by atoms with Crippen molar-refractivity contribution in [1.82, 2.24) is 0 Å². The van der Waals surface area contributed by atoms with Crippen LogP contribution in [0.2, 0.25) is 0 Å². The second-order valence-electron chi connectivity index (χ2n) is 8.57. The fourth-order valence-corrected chi connectivity index (χ4v) is 4.42. The van der Waals surface area contributed by atoms with E-state index in [4.69, 9.17) is 0 Å². The molecule has 0 atom stereocenters. The van der Waals surface area contributed by atoms with Gasteiger partial charge in [0.05, 0.1) is 0 Å². The van der Waals surface area contributed by atoms with Crippen molar-refractivity contribution in [2.45, 2.75) is 130 Å². The summed E-state index contributed by atoms with van der Waals surface area (Å²) in [6.07, 6.45) is 25.4. The first-order chi connectivity index (χ1) is 10.7. The van der Waals surface area contributed by atoms with Crippen LogP contribution in [0.25, 0.3) is 0 Å². The molecule has 0 aliphatic heterocycles. The van der Waals surface area contributed by atoms with E-state index in [1.807, 2.05) is 0 Å². The maximum atomic E-state index is 2.36. The van der Waals surface area contributed by atoms with Gasteiger partial charge in [-0.1, -0.05) is 104 Å². The molecule has 1 aliphatic rings. The molecule has 0 heterocycles. The molecule has 1 fully saturated rings. The van der Waals surface area contributed by atoms with E-state index >= 15 is 0 Å². The number of rotatable bonds is 13. The Labute approximate surface area is 141 Å². The first-order valence-electron chi connectivity index (χ1n) is 10.7. The summed E-state index contributed by atoms with van der Waals surface area (Å²) >= 11 is 0. The Bertz CT molecular complexity index is 234. The van der Waals surface area contributed by atoms with Crippen LogP contribution in [-0.2, 0) is 0 Å². The third kappa shape index (κ3) is 9.21. The smallest absolute Gasteiger partial charge is 0.0297 e. The minimum Gasteiger partial charge on any atom is -0.0654 e. The first-order valence-corrected chi connectivity index (χ1v) is 10.7. The van der Waals surface area contributed by atoms with Gasteiger partial charge in [-0.25, -0.2) is 0 Å². The van der Waals surface area contributed by atoms with Crippen molar-refractivity contribution < 1.29 is 0 Å². The van der Waals surface area contributed by atoms with E-state index in [2.05, 4.69) is 20.8 Å². The van der Waals surface area contributed by atoms with Crippen molar-refractivity contribution >= 4 is 0 Å². The van der Waals surface area contributed by atoms with Crippen LogP contribution in [0.1, 0.15) is 130 Å². The van der Waals surface area contributed by atoms with Gasteiger partial charge in [0, 0.05) is 0 Å². The summed E-state index contributed by atoms with van der Waals surface area (Å²) in [4.78, 5) is 0. The van der Waals surface area contributed by atoms with E-state index in [0.717, 1.165) is 11.3 Å². The monoisotopic (exact) mass is 308 g/mol. The molecule has 0 unspecified atom stereocenters. The molecule has 0 aromatic heterocycles. The summed E-state index contributed by atoms with van der Waals surface area (Å²) in [7, 11) is 0. The lowest BCUT2D eigenvalue weighted by atomic mass is 9.68. The summed E-state index contributed by atoms with van der Waals surface area (Å²) in [6.45, 7) is 7.05. The zero-order valence-electron chi connectivity index (χ0n) is 16.1. The minimum atomic E-state index is 0.769. The minimum absolute atomic E-state index is 0.769. The highest BCUT2D eigenvalue weighted by Crippen LogP contribution is 2.44. The standard InChI is InChI=1S/C22H44/c1-4-5-17-22(19-14-11-15-20-22)18-13-10-8-6-7-9-12-16-21(2)3/h21H,4-20H2,1-3H3. The molecule has 0 N–H and O–H groups in total. The van der Waals surface area contributed by atoms with Gasteiger partial charge >= 0.3 is 0 Å². The Morgan fingerprint density at radius 2 is 1.23 bits per heavy atom. The Hall–Kier alpha value is 0. The van der Waals surface area contributed by atoms with E-state index in [0.29, 0.717) is 0 Å². The van der Waals surface area contributed by atoms with Crippen molar-refractivity contribution in [2.75, 3.05) is 0 Å². The molecule has 0 nitrogen and oxygen atoms in total. The summed E-state index contributed by atoms with van der Waals surface area (Å²) in [5.74, 6) is 0.898. The maximum Gasteiger partial charge on any atom is -0.0297 e. The molecule has 0 aromatic carbocycles. The van der Waals surface area contributed by atoms with E-state index in [1.54, 1.807) is 19.3 Å². The fraction of sp³-hybridized carbons (Fsp3) is 1.00. The highest BCUT2D eigenvalue weighted by molar-refractivity contribution is 4.82. The van der Waals surface area contributed by atoms with Crippen LogP contribution < -0.4 is 0 Å². The van der Waals surface area contributed by atoms with Crippen LogP contribution in [0.4, 0.5) is 0 Å². The van der Waals surface area contributed by atoms with Gasteiger partial charge in [0.2, 0.25) is 0 Å². The van der Waals surface area contributed by atoms with Crippen LogP contribution in [0.3, 0.4) is 0 Å². The third-order valence-corrected chi connectivity index (χ3v) is 5.96. The van der Waals surface area contributed by atoms with E-state index in [1.165, 1.54) is 89.9 Å².